The van der Waals surface area contributed by atoms with Crippen LogP contribution in [0.1, 0.15) is 34.0 Å². The molecular weight excluding hydrogens is 564 g/mol. The molecule has 0 spiro atoms. The van der Waals surface area contributed by atoms with Crippen molar-refractivity contribution in [1.82, 2.24) is 0 Å². The lowest BCUT2D eigenvalue weighted by molar-refractivity contribution is -0.114. The van der Waals surface area contributed by atoms with Crippen LogP contribution in [0.25, 0.3) is 22.3 Å². The van der Waals surface area contributed by atoms with Crippen LogP contribution in [-0.4, -0.2) is 17.0 Å². The summed E-state index contributed by atoms with van der Waals surface area (Å²) in [6.45, 7) is 3.30. The lowest BCUT2D eigenvalue weighted by atomic mass is 9.89. The molecular formula is C36H28N6O3. The van der Waals surface area contributed by atoms with E-state index in [0.717, 1.165) is 16.7 Å². The first kappa shape index (κ1) is 31.4. The second-order valence-corrected chi connectivity index (χ2v) is 9.85. The third-order valence-electron chi connectivity index (χ3n) is 6.58. The Balaban J connectivity index is 0.000000392. The van der Waals surface area contributed by atoms with Crippen LogP contribution in [0.4, 0.5) is 22.7 Å². The van der Waals surface area contributed by atoms with Crippen LogP contribution < -0.4 is 11.1 Å². The van der Waals surface area contributed by atoms with Gasteiger partial charge in [-0.25, -0.2) is 4.79 Å². The molecule has 0 aromatic heterocycles. The highest BCUT2D eigenvalue weighted by molar-refractivity contribution is 5.93. The van der Waals surface area contributed by atoms with Crippen molar-refractivity contribution in [2.24, 2.45) is 10.2 Å². The van der Waals surface area contributed by atoms with E-state index in [9.17, 15) is 20.1 Å². The molecule has 220 valence electrons. The third kappa shape index (κ3) is 7.83. The zero-order valence-electron chi connectivity index (χ0n) is 24.5. The molecule has 0 aliphatic carbocycles. The number of carboxylic acids is 1. The highest BCUT2D eigenvalue weighted by Crippen LogP contribution is 2.41. The number of benzene rings is 5. The van der Waals surface area contributed by atoms with E-state index in [1.54, 1.807) is 42.5 Å². The zero-order chi connectivity index (χ0) is 32.3. The number of rotatable bonds is 6. The van der Waals surface area contributed by atoms with Gasteiger partial charge in [-0.05, 0) is 54.4 Å². The van der Waals surface area contributed by atoms with Crippen LogP contribution in [-0.2, 0) is 4.79 Å². The number of carbonyl (C=O) groups excluding carboxylic acids is 1. The molecule has 0 saturated carbocycles. The topological polar surface area (TPSA) is 165 Å². The summed E-state index contributed by atoms with van der Waals surface area (Å²) in [6.07, 6.45) is 0. The molecule has 5 rings (SSSR count). The van der Waals surface area contributed by atoms with Crippen LogP contribution in [0.3, 0.4) is 0 Å². The van der Waals surface area contributed by atoms with Crippen molar-refractivity contribution < 1.29 is 14.7 Å². The molecule has 0 fully saturated rings. The van der Waals surface area contributed by atoms with Gasteiger partial charge in [0.15, 0.2) is 0 Å². The van der Waals surface area contributed by atoms with Gasteiger partial charge < -0.3 is 16.2 Å². The van der Waals surface area contributed by atoms with Crippen molar-refractivity contribution in [2.75, 3.05) is 11.1 Å². The number of nitrogens with two attached hydrogens (primary N) is 1. The van der Waals surface area contributed by atoms with Crippen molar-refractivity contribution in [2.45, 2.75) is 13.8 Å². The summed E-state index contributed by atoms with van der Waals surface area (Å²) in [6, 6.07) is 36.7. The fraction of sp³-hybridized carbons (Fsp3) is 0.0556. The molecule has 4 N–H and O–H groups in total. The summed E-state index contributed by atoms with van der Waals surface area (Å²) < 4.78 is 0. The Labute approximate surface area is 260 Å². The number of amides is 1. The van der Waals surface area contributed by atoms with Crippen molar-refractivity contribution in [3.05, 3.63) is 131 Å². The first-order chi connectivity index (χ1) is 21.7. The van der Waals surface area contributed by atoms with Gasteiger partial charge in [0.05, 0.1) is 22.4 Å². The quantitative estimate of drug-likeness (QED) is 0.132. The predicted molar refractivity (Wildman–Crippen MR) is 174 cm³/mol. The lowest BCUT2D eigenvalue weighted by Gasteiger charge is -2.14. The molecule has 0 aliphatic heterocycles. The molecule has 0 heterocycles. The Kier molecular flexibility index (Phi) is 10.1. The summed E-state index contributed by atoms with van der Waals surface area (Å²) in [5.74, 6) is -1.17. The van der Waals surface area contributed by atoms with Crippen molar-refractivity contribution in [1.29, 1.82) is 10.5 Å². The molecule has 0 saturated heterocycles. The van der Waals surface area contributed by atoms with E-state index in [2.05, 4.69) is 27.7 Å². The molecule has 5 aromatic carbocycles. The average Bonchev–Trinajstić information content (AvgIpc) is 3.04. The van der Waals surface area contributed by atoms with Gasteiger partial charge in [-0.15, -0.1) is 10.2 Å². The van der Waals surface area contributed by atoms with E-state index in [4.69, 9.17) is 10.8 Å². The first-order valence-electron chi connectivity index (χ1n) is 13.7. The van der Waals surface area contributed by atoms with Crippen molar-refractivity contribution >= 4 is 34.6 Å². The maximum Gasteiger partial charge on any atom is 0.335 e. The third-order valence-corrected chi connectivity index (χ3v) is 6.58. The number of hydrogen-bond donors (Lipinski definition) is 3. The van der Waals surface area contributed by atoms with Gasteiger partial charge >= 0.3 is 5.97 Å². The highest BCUT2D eigenvalue weighted by Gasteiger charge is 2.20. The highest BCUT2D eigenvalue weighted by atomic mass is 16.4. The first-order valence-corrected chi connectivity index (χ1v) is 13.7. The number of nitrogen functional groups attached to an aromatic ring is 1. The van der Waals surface area contributed by atoms with Gasteiger partial charge in [0.2, 0.25) is 5.91 Å². The molecule has 45 heavy (non-hydrogen) atoms. The smallest absolute Gasteiger partial charge is 0.335 e. The zero-order valence-corrected chi connectivity index (χ0v) is 24.5. The fourth-order valence-electron chi connectivity index (χ4n) is 4.42. The van der Waals surface area contributed by atoms with Crippen molar-refractivity contribution in [3.8, 4) is 34.4 Å². The Morgan fingerprint density at radius 1 is 0.756 bits per heavy atom. The molecule has 5 aromatic rings. The summed E-state index contributed by atoms with van der Waals surface area (Å²) in [7, 11) is 0. The van der Waals surface area contributed by atoms with E-state index in [0.29, 0.717) is 33.8 Å². The van der Waals surface area contributed by atoms with Crippen LogP contribution >= 0.6 is 0 Å². The fourth-order valence-corrected chi connectivity index (χ4v) is 4.42. The number of hydrogen-bond acceptors (Lipinski definition) is 7. The van der Waals surface area contributed by atoms with Gasteiger partial charge in [-0.3, -0.25) is 4.79 Å². The Morgan fingerprint density at radius 2 is 1.29 bits per heavy atom. The number of aryl methyl sites for hydroxylation is 1. The Bertz CT molecular complexity index is 1880. The van der Waals surface area contributed by atoms with Crippen LogP contribution in [0.15, 0.2) is 119 Å². The summed E-state index contributed by atoms with van der Waals surface area (Å²) in [4.78, 5) is 22.0. The van der Waals surface area contributed by atoms with Gasteiger partial charge in [0, 0.05) is 23.7 Å². The second-order valence-electron chi connectivity index (χ2n) is 9.85. The lowest BCUT2D eigenvalue weighted by Crippen LogP contribution is -2.06. The molecule has 1 amide bonds. The molecule has 9 heteroatoms. The van der Waals surface area contributed by atoms with Crippen LogP contribution in [0, 0.1) is 29.6 Å². The molecule has 0 atom stereocenters. The van der Waals surface area contributed by atoms with E-state index in [1.807, 2.05) is 73.7 Å². The number of anilines is 2. The van der Waals surface area contributed by atoms with Gasteiger partial charge in [0.1, 0.15) is 23.5 Å². The van der Waals surface area contributed by atoms with Crippen LogP contribution in [0.2, 0.25) is 0 Å². The summed E-state index contributed by atoms with van der Waals surface area (Å²) >= 11 is 0. The number of nitriles is 2. The number of nitrogens with one attached hydrogen (secondary N) is 1. The molecule has 9 nitrogen and oxygen atoms in total. The van der Waals surface area contributed by atoms with Crippen molar-refractivity contribution in [3.63, 3.8) is 0 Å². The second kappa shape index (κ2) is 14.5. The summed E-state index contributed by atoms with van der Waals surface area (Å²) in [5, 5.41) is 40.1. The maximum absolute atomic E-state index is 11.6. The molecule has 0 radical (unpaired) electrons. The number of nitrogens with zero attached hydrogens (tertiary/aromatic N) is 4. The largest absolute Gasteiger partial charge is 0.478 e. The predicted octanol–water partition coefficient (Wildman–Crippen LogP) is 8.41. The van der Waals surface area contributed by atoms with Gasteiger partial charge in [-0.2, -0.15) is 10.5 Å². The molecule has 0 unspecified atom stereocenters. The van der Waals surface area contributed by atoms with E-state index < -0.39 is 5.97 Å². The molecule has 0 bridgehead atoms. The number of azo groups is 1. The minimum absolute atomic E-state index is 0.154. The Hall–Kier alpha value is -6.58. The normalized spacial score (nSPS) is 10.2. The van der Waals surface area contributed by atoms with E-state index in [1.165, 1.54) is 6.92 Å². The number of aromatic carboxylic acids is 1. The average molecular weight is 593 g/mol. The SMILES string of the molecule is CC(=O)Nc1cc(N)ccc1N=Nc1c(C#N)c(-c2ccccc2)cc(-c2ccccc2)c1C#N.Cc1ccc(C(=O)O)cc1. The minimum atomic E-state index is -0.875. The van der Waals surface area contributed by atoms with E-state index in [-0.39, 0.29) is 22.7 Å². The minimum Gasteiger partial charge on any atom is -0.478 e. The monoisotopic (exact) mass is 592 g/mol. The van der Waals surface area contributed by atoms with E-state index >= 15 is 0 Å². The molecule has 0 aliphatic rings. The maximum atomic E-state index is 11.6. The van der Waals surface area contributed by atoms with Gasteiger partial charge in [-0.1, -0.05) is 78.4 Å². The summed E-state index contributed by atoms with van der Waals surface area (Å²) in [5.41, 5.74) is 12.0. The number of carbonyl (C=O) groups is 2. The van der Waals surface area contributed by atoms with Gasteiger partial charge in [0.25, 0.3) is 0 Å². The number of carboxylic acid groups (broad SMARTS) is 1. The standard InChI is InChI=1S/C28H20N6O.C8H8O2/c1-18(35)32-27-14-21(31)12-13-26(27)33-34-28-24(16-29)22(19-8-4-2-5-9-19)15-23(25(28)17-30)20-10-6-3-7-11-20;1-6-2-4-7(5-3-6)8(9)10/h2-15H,31H2,1H3,(H,32,35);2-5H,1H3,(H,9,10). The van der Waals surface area contributed by atoms with Crippen LogP contribution in [0.5, 0.6) is 0 Å². The Morgan fingerprint density at radius 3 is 1.76 bits per heavy atom.